The average Bonchev–Trinajstić information content (AvgIpc) is 1.50. The van der Waals surface area contributed by atoms with E-state index in [2.05, 4.69) is 31.6 Å². The Morgan fingerprint density at radius 2 is 1.17 bits per heavy atom. The molecule has 0 N–H and O–H groups in total. The second-order valence-electron chi connectivity index (χ2n) is 0. The fourth-order valence-electron chi connectivity index (χ4n) is 0. The van der Waals surface area contributed by atoms with Gasteiger partial charge in [0.2, 0.25) is 0 Å². The molecule has 0 aliphatic carbocycles. The Bertz CT molecular complexity index is 12.8. The molecule has 0 saturated heterocycles. The van der Waals surface area contributed by atoms with Crippen molar-refractivity contribution in [2.24, 2.45) is 0 Å². The summed E-state index contributed by atoms with van der Waals surface area (Å²) in [5.41, 5.74) is 0. The molecule has 0 bridgehead atoms. The summed E-state index contributed by atoms with van der Waals surface area (Å²) in [6.45, 7) is 0. The first-order valence-corrected chi connectivity index (χ1v) is 1.07. The minimum absolute atomic E-state index is 0. The van der Waals surface area contributed by atoms with Gasteiger partial charge in [0.25, 0.3) is 0 Å². The van der Waals surface area contributed by atoms with Gasteiger partial charge in [-0.1, -0.05) is 0 Å². The molecule has 0 spiro atoms. The molecule has 0 unspecified atom stereocenters. The Labute approximate surface area is 61.8 Å². The first kappa shape index (κ1) is 27.5. The van der Waals surface area contributed by atoms with E-state index in [9.17, 15) is 0 Å². The second kappa shape index (κ2) is 130. The molecule has 1 radical (unpaired) electrons. The molecule has 0 rings (SSSR count). The zero-order chi connectivity index (χ0) is 4.00. The van der Waals surface area contributed by atoms with Crippen LogP contribution in [0.2, 0.25) is 0 Å². The van der Waals surface area contributed by atoms with Gasteiger partial charge < -0.3 is 5.48 Å². The molecule has 0 heterocycles. The van der Waals surface area contributed by atoms with E-state index in [4.69, 9.17) is 7.70 Å². The summed E-state index contributed by atoms with van der Waals surface area (Å²) < 4.78 is 15.8. The van der Waals surface area contributed by atoms with Crippen molar-refractivity contribution in [2.75, 3.05) is 0 Å². The van der Waals surface area contributed by atoms with Crippen molar-refractivity contribution >= 4 is 0 Å². The van der Waals surface area contributed by atoms with Crippen molar-refractivity contribution < 1.29 is 61.9 Å². The number of rotatable bonds is 0. The Hall–Kier alpha value is 1.11. The third kappa shape index (κ3) is 70.4. The normalized spacial score (nSPS) is 1.83. The summed E-state index contributed by atoms with van der Waals surface area (Å²) in [6.07, 6.45) is 0. The molecule has 0 aromatic carbocycles. The fraction of sp³-hybridized carbons (Fsp3) is 0. The summed E-state index contributed by atoms with van der Waals surface area (Å²) in [5.74, 6) is 0. The minimum atomic E-state index is 0. The third-order valence-electron chi connectivity index (χ3n) is 0. The van der Waals surface area contributed by atoms with Gasteiger partial charge >= 0.3 is 56.4 Å². The average molecular weight is 225 g/mol. The Morgan fingerprint density at radius 3 is 1.17 bits per heavy atom. The van der Waals surface area contributed by atoms with Crippen LogP contribution in [0.15, 0.2) is 0 Å². The van der Waals surface area contributed by atoms with Gasteiger partial charge in [-0.2, -0.15) is 0 Å². The molecule has 6 heteroatoms. The molecule has 0 aromatic rings. The van der Waals surface area contributed by atoms with Gasteiger partial charge in [-0.15, -0.1) is 0 Å². The predicted octanol–water partition coefficient (Wildman–Crippen LogP) is -0.364. The molecule has 0 aromatic heterocycles. The van der Waals surface area contributed by atoms with Crippen LogP contribution in [0.4, 0.5) is 0 Å². The van der Waals surface area contributed by atoms with E-state index in [0.717, 1.165) is 0 Å². The van der Waals surface area contributed by atoms with E-state index in [1.54, 1.807) is 0 Å². The van der Waals surface area contributed by atoms with Crippen LogP contribution in [0, 0.1) is 0 Å². The molecule has 3 nitrogen and oxygen atoms in total. The van der Waals surface area contributed by atoms with Crippen molar-refractivity contribution in [3.63, 3.8) is 0 Å². The Balaban J connectivity index is -0.00000000500. The summed E-state index contributed by atoms with van der Waals surface area (Å²) in [7, 11) is 0. The standard InChI is InChI=1S/Co.Cu.Mn.3O/q;;+2;;;-2. The van der Waals surface area contributed by atoms with E-state index < -0.39 is 0 Å². The van der Waals surface area contributed by atoms with Crippen LogP contribution in [0.3, 0.4) is 0 Å². The monoisotopic (exact) mass is 225 g/mol. The van der Waals surface area contributed by atoms with Crippen LogP contribution in [-0.2, 0) is 61.9 Å². The summed E-state index contributed by atoms with van der Waals surface area (Å²) in [6, 6.07) is 0. The molecular formula is CoCuMnO3. The van der Waals surface area contributed by atoms with Crippen molar-refractivity contribution in [3.05, 3.63) is 0 Å². The quantitative estimate of drug-likeness (QED) is 0.528. The van der Waals surface area contributed by atoms with Crippen LogP contribution in [0.25, 0.3) is 0 Å². The zero-order valence-corrected chi connectivity index (χ0v) is 5.40. The maximum absolute atomic E-state index is 7.94. The van der Waals surface area contributed by atoms with Gasteiger partial charge in [-0.3, -0.25) is 0 Å². The molecule has 6 heavy (non-hydrogen) atoms. The molecule has 0 aliphatic heterocycles. The number of hydrogen-bond acceptors (Lipinski definition) is 2. The molecule has 0 atom stereocenters. The van der Waals surface area contributed by atoms with E-state index in [1.807, 2.05) is 0 Å². The van der Waals surface area contributed by atoms with Crippen LogP contribution in [0.1, 0.15) is 0 Å². The first-order valence-electron chi connectivity index (χ1n) is 0.259. The van der Waals surface area contributed by atoms with Gasteiger partial charge in [0.15, 0.2) is 0 Å². The second-order valence-corrected chi connectivity index (χ2v) is 0. The Morgan fingerprint density at radius 1 is 1.17 bits per heavy atom. The molecule has 0 fully saturated rings. The summed E-state index contributed by atoms with van der Waals surface area (Å²) in [4.78, 5) is 0. The molecular weight excluding hydrogens is 225 g/mol. The molecule has 45 valence electrons. The van der Waals surface area contributed by atoms with Gasteiger partial charge in [-0.25, -0.2) is 0 Å². The summed E-state index contributed by atoms with van der Waals surface area (Å²) in [5, 5.41) is 0. The first-order chi connectivity index (χ1) is 2.00. The van der Waals surface area contributed by atoms with E-state index >= 15 is 0 Å². The van der Waals surface area contributed by atoms with Crippen LogP contribution >= 0.6 is 0 Å². The summed E-state index contributed by atoms with van der Waals surface area (Å²) >= 11 is 5.25. The van der Waals surface area contributed by atoms with Crippen molar-refractivity contribution in [3.8, 4) is 0 Å². The maximum atomic E-state index is 7.94. The van der Waals surface area contributed by atoms with E-state index in [-0.39, 0.29) is 22.5 Å². The van der Waals surface area contributed by atoms with E-state index in [0.29, 0.717) is 0 Å². The SMILES string of the molecule is [Mn+2].[O-2].[O]=[Co].[O]=[Cu]. The van der Waals surface area contributed by atoms with Crippen LogP contribution < -0.4 is 0 Å². The van der Waals surface area contributed by atoms with Gasteiger partial charge in [0.1, 0.15) is 0 Å². The molecule has 0 amide bonds. The van der Waals surface area contributed by atoms with Gasteiger partial charge in [0.05, 0.1) is 0 Å². The zero-order valence-electron chi connectivity index (χ0n) is 2.24. The predicted molar refractivity (Wildman–Crippen MR) is 2.06 cm³/mol. The van der Waals surface area contributed by atoms with Gasteiger partial charge in [-0.05, 0) is 0 Å². The van der Waals surface area contributed by atoms with Crippen molar-refractivity contribution in [1.82, 2.24) is 0 Å². The fourth-order valence-corrected chi connectivity index (χ4v) is 0. The van der Waals surface area contributed by atoms with E-state index in [1.165, 1.54) is 0 Å². The van der Waals surface area contributed by atoms with Crippen LogP contribution in [0.5, 0.6) is 0 Å². The molecule has 0 saturated carbocycles. The molecule has 0 aliphatic rings. The van der Waals surface area contributed by atoms with Crippen molar-refractivity contribution in [1.29, 1.82) is 0 Å². The number of hydrogen-bond donors (Lipinski definition) is 0. The van der Waals surface area contributed by atoms with Crippen LogP contribution in [-0.4, -0.2) is 0 Å². The topological polar surface area (TPSA) is 62.6 Å². The Kier molecular flexibility index (Phi) is 596. The van der Waals surface area contributed by atoms with Crippen molar-refractivity contribution in [2.45, 2.75) is 0 Å². The van der Waals surface area contributed by atoms with Gasteiger partial charge in [0, 0.05) is 0 Å². The third-order valence-corrected chi connectivity index (χ3v) is 0.